The third-order valence-electron chi connectivity index (χ3n) is 3.80. The highest BCUT2D eigenvalue weighted by Crippen LogP contribution is 2.12. The van der Waals surface area contributed by atoms with Gasteiger partial charge < -0.3 is 21.1 Å². The highest BCUT2D eigenvalue weighted by atomic mass is 35.5. The van der Waals surface area contributed by atoms with Crippen LogP contribution in [0.3, 0.4) is 0 Å². The molecule has 0 aliphatic carbocycles. The van der Waals surface area contributed by atoms with E-state index in [4.69, 9.17) is 32.7 Å². The smallest absolute Gasteiger partial charge is 0.320 e. The van der Waals surface area contributed by atoms with E-state index < -0.39 is 36.0 Å². The van der Waals surface area contributed by atoms with Gasteiger partial charge in [-0.15, -0.1) is 0 Å². The van der Waals surface area contributed by atoms with Crippen molar-refractivity contribution in [3.8, 4) is 0 Å². The second-order valence-corrected chi connectivity index (χ2v) is 7.29. The lowest BCUT2D eigenvalue weighted by molar-refractivity contribution is -0.142. The number of carboxylic acids is 3. The predicted molar refractivity (Wildman–Crippen MR) is 106 cm³/mol. The van der Waals surface area contributed by atoms with Gasteiger partial charge in [0.2, 0.25) is 0 Å². The molecule has 0 unspecified atom stereocenters. The number of aryl methyl sites for hydroxylation is 1. The van der Waals surface area contributed by atoms with Gasteiger partial charge in [-0.05, 0) is 49.8 Å². The molecule has 158 valence electrons. The molecule has 1 aromatic carbocycles. The number of hydrogen-bond donors (Lipinski definition) is 5. The Morgan fingerprint density at radius 2 is 1.54 bits per heavy atom. The van der Waals surface area contributed by atoms with Crippen LogP contribution in [-0.2, 0) is 20.8 Å². The molecule has 1 aromatic rings. The minimum absolute atomic E-state index is 0.314. The van der Waals surface area contributed by atoms with E-state index in [0.29, 0.717) is 30.2 Å². The number of nitrogens with two attached hydrogens (primary N) is 1. The molecule has 1 rings (SSSR count). The molecule has 0 heterocycles. The van der Waals surface area contributed by atoms with Crippen molar-refractivity contribution in [1.29, 1.82) is 0 Å². The van der Waals surface area contributed by atoms with Crippen molar-refractivity contribution >= 4 is 29.5 Å². The number of aliphatic carboxylic acids is 3. The lowest BCUT2D eigenvalue weighted by Crippen LogP contribution is -2.45. The van der Waals surface area contributed by atoms with Crippen LogP contribution in [0.25, 0.3) is 0 Å². The molecule has 3 atom stereocenters. The van der Waals surface area contributed by atoms with Crippen molar-refractivity contribution < 1.29 is 29.7 Å². The van der Waals surface area contributed by atoms with Gasteiger partial charge >= 0.3 is 17.9 Å². The monoisotopic (exact) mass is 416 g/mol. The van der Waals surface area contributed by atoms with Crippen LogP contribution in [0.1, 0.15) is 39.2 Å². The zero-order valence-corrected chi connectivity index (χ0v) is 17.0. The van der Waals surface area contributed by atoms with Gasteiger partial charge in [-0.3, -0.25) is 19.7 Å². The second kappa shape index (κ2) is 13.1. The summed E-state index contributed by atoms with van der Waals surface area (Å²) in [6.45, 7) is 5.31. The Morgan fingerprint density at radius 1 is 1.00 bits per heavy atom. The molecular weight excluding hydrogens is 388 g/mol. The van der Waals surface area contributed by atoms with Crippen LogP contribution in [0, 0.1) is 5.92 Å². The van der Waals surface area contributed by atoms with E-state index in [1.54, 1.807) is 12.1 Å². The highest BCUT2D eigenvalue weighted by molar-refractivity contribution is 6.30. The maximum Gasteiger partial charge on any atom is 0.320 e. The van der Waals surface area contributed by atoms with E-state index in [2.05, 4.69) is 5.32 Å². The molecule has 0 spiro atoms. The minimum Gasteiger partial charge on any atom is -0.480 e. The first-order valence-corrected chi connectivity index (χ1v) is 9.26. The summed E-state index contributed by atoms with van der Waals surface area (Å²) in [6.07, 6.45) is 1.40. The fourth-order valence-corrected chi connectivity index (χ4v) is 2.35. The maximum atomic E-state index is 11.1. The fourth-order valence-electron chi connectivity index (χ4n) is 2.22. The maximum absolute atomic E-state index is 11.1. The zero-order valence-electron chi connectivity index (χ0n) is 16.3. The average Bonchev–Trinajstić information content (AvgIpc) is 2.59. The van der Waals surface area contributed by atoms with Gasteiger partial charge in [-0.25, -0.2) is 0 Å². The topological polar surface area (TPSA) is 150 Å². The third-order valence-corrected chi connectivity index (χ3v) is 4.05. The van der Waals surface area contributed by atoms with Crippen LogP contribution < -0.4 is 11.1 Å². The van der Waals surface area contributed by atoms with Crippen molar-refractivity contribution in [2.45, 2.75) is 58.2 Å². The molecule has 0 aliphatic rings. The van der Waals surface area contributed by atoms with Gasteiger partial charge in [0.15, 0.2) is 0 Å². The SMILES string of the molecule is CC(C)C[C@H](N)C(=O)O.C[C@@H](N[C@@H](CCc1ccc(Cl)cc1)C(=O)O)C(=O)O. The largest absolute Gasteiger partial charge is 0.480 e. The summed E-state index contributed by atoms with van der Waals surface area (Å²) in [5, 5.41) is 29.3. The van der Waals surface area contributed by atoms with Crippen LogP contribution in [0.5, 0.6) is 0 Å². The molecule has 0 amide bonds. The highest BCUT2D eigenvalue weighted by Gasteiger charge is 2.22. The molecule has 0 aromatic heterocycles. The fraction of sp³-hybridized carbons (Fsp3) is 0.526. The van der Waals surface area contributed by atoms with Crippen LogP contribution >= 0.6 is 11.6 Å². The molecule has 0 radical (unpaired) electrons. The number of rotatable bonds is 10. The number of hydrogen-bond acceptors (Lipinski definition) is 5. The van der Waals surface area contributed by atoms with E-state index in [1.165, 1.54) is 6.92 Å². The third kappa shape index (κ3) is 11.5. The number of carboxylic acid groups (broad SMARTS) is 3. The van der Waals surface area contributed by atoms with Gasteiger partial charge in [-0.2, -0.15) is 0 Å². The van der Waals surface area contributed by atoms with E-state index in [1.807, 2.05) is 26.0 Å². The number of halogens is 1. The molecule has 6 N–H and O–H groups in total. The summed E-state index contributed by atoms with van der Waals surface area (Å²) >= 11 is 5.76. The molecule has 0 fully saturated rings. The lowest BCUT2D eigenvalue weighted by atomic mass is 10.0. The minimum atomic E-state index is -1.07. The lowest BCUT2D eigenvalue weighted by Gasteiger charge is -2.17. The molecule has 28 heavy (non-hydrogen) atoms. The predicted octanol–water partition coefficient (Wildman–Crippen LogP) is 2.23. The Kier molecular flexibility index (Phi) is 12.1. The first-order chi connectivity index (χ1) is 12.9. The van der Waals surface area contributed by atoms with E-state index >= 15 is 0 Å². The van der Waals surface area contributed by atoms with Gasteiger partial charge in [0.1, 0.15) is 18.1 Å². The summed E-state index contributed by atoms with van der Waals surface area (Å²) in [7, 11) is 0. The summed E-state index contributed by atoms with van der Waals surface area (Å²) in [4.78, 5) is 31.9. The van der Waals surface area contributed by atoms with Crippen LogP contribution in [0.2, 0.25) is 5.02 Å². The standard InChI is InChI=1S/C13H16ClNO4.C6H13NO2/c1-8(12(16)17)15-11(13(18)19)7-4-9-2-5-10(14)6-3-9;1-4(2)3-5(7)6(8)9/h2-3,5-6,8,11,15H,4,7H2,1H3,(H,16,17)(H,18,19);4-5H,3,7H2,1-2H3,(H,8,9)/t8-,11+;5-/m10/s1. The molecular formula is C19H29ClN2O6. The van der Waals surface area contributed by atoms with Crippen molar-refractivity contribution in [1.82, 2.24) is 5.32 Å². The van der Waals surface area contributed by atoms with Crippen LogP contribution in [0.15, 0.2) is 24.3 Å². The molecule has 0 bridgehead atoms. The Labute approximate surface area is 169 Å². The van der Waals surface area contributed by atoms with Crippen molar-refractivity contribution in [2.24, 2.45) is 11.7 Å². The molecule has 9 heteroatoms. The van der Waals surface area contributed by atoms with Crippen LogP contribution in [-0.4, -0.2) is 51.4 Å². The van der Waals surface area contributed by atoms with Gasteiger partial charge in [0.05, 0.1) is 0 Å². The summed E-state index contributed by atoms with van der Waals surface area (Å²) in [5.74, 6) is -2.68. The Morgan fingerprint density at radius 3 is 1.89 bits per heavy atom. The molecule has 0 saturated heterocycles. The van der Waals surface area contributed by atoms with Gasteiger partial charge in [0.25, 0.3) is 0 Å². The second-order valence-electron chi connectivity index (χ2n) is 6.86. The average molecular weight is 417 g/mol. The Hall–Kier alpha value is -2.16. The van der Waals surface area contributed by atoms with Gasteiger partial charge in [0, 0.05) is 5.02 Å². The first kappa shape index (κ1) is 25.8. The van der Waals surface area contributed by atoms with Gasteiger partial charge in [-0.1, -0.05) is 37.6 Å². The number of benzene rings is 1. The first-order valence-electron chi connectivity index (χ1n) is 8.88. The Bertz CT molecular complexity index is 636. The van der Waals surface area contributed by atoms with E-state index in [-0.39, 0.29) is 0 Å². The van der Waals surface area contributed by atoms with E-state index in [9.17, 15) is 14.4 Å². The van der Waals surface area contributed by atoms with Crippen molar-refractivity contribution in [2.75, 3.05) is 0 Å². The quantitative estimate of drug-likeness (QED) is 0.389. The normalized spacial score (nSPS) is 13.8. The molecule has 0 saturated carbocycles. The van der Waals surface area contributed by atoms with Crippen molar-refractivity contribution in [3.05, 3.63) is 34.9 Å². The number of carbonyl (C=O) groups is 3. The van der Waals surface area contributed by atoms with Crippen LogP contribution in [0.4, 0.5) is 0 Å². The zero-order chi connectivity index (χ0) is 21.9. The molecule has 0 aliphatic heterocycles. The number of nitrogens with one attached hydrogen (secondary N) is 1. The summed E-state index contributed by atoms with van der Waals surface area (Å²) in [5.41, 5.74) is 6.18. The Balaban J connectivity index is 0.000000684. The van der Waals surface area contributed by atoms with E-state index in [0.717, 1.165) is 5.56 Å². The summed E-state index contributed by atoms with van der Waals surface area (Å²) in [6, 6.07) is 4.64. The van der Waals surface area contributed by atoms with Crippen molar-refractivity contribution in [3.63, 3.8) is 0 Å². The summed E-state index contributed by atoms with van der Waals surface area (Å²) < 4.78 is 0. The molecule has 8 nitrogen and oxygen atoms in total.